The minimum absolute atomic E-state index is 0.0544. The fraction of sp³-hybridized carbons (Fsp3) is 0.818. The first kappa shape index (κ1) is 13.9. The number of nitrogens with zero attached hydrogens (tertiary/aromatic N) is 1. The van der Waals surface area contributed by atoms with E-state index in [0.29, 0.717) is 6.54 Å². The molecule has 0 aromatic carbocycles. The molecular formula is C11H22N4O2. The van der Waals surface area contributed by atoms with Crippen LogP contribution < -0.4 is 16.4 Å². The number of rotatable bonds is 5. The lowest BCUT2D eigenvalue weighted by Crippen LogP contribution is -2.49. The summed E-state index contributed by atoms with van der Waals surface area (Å²) in [5, 5.41) is 5.97. The van der Waals surface area contributed by atoms with Crippen LogP contribution in [0.15, 0.2) is 0 Å². The Balaban J connectivity index is 2.27. The third kappa shape index (κ3) is 4.70. The van der Waals surface area contributed by atoms with E-state index >= 15 is 0 Å². The zero-order valence-electron chi connectivity index (χ0n) is 10.6. The summed E-state index contributed by atoms with van der Waals surface area (Å²) in [5.41, 5.74) is 4.54. The molecular weight excluding hydrogens is 220 g/mol. The number of piperazine rings is 1. The minimum atomic E-state index is -0.695. The van der Waals surface area contributed by atoms with Crippen LogP contribution in [0.25, 0.3) is 0 Å². The van der Waals surface area contributed by atoms with Gasteiger partial charge in [-0.15, -0.1) is 0 Å². The third-order valence-corrected chi connectivity index (χ3v) is 2.97. The Hall–Kier alpha value is -1.14. The van der Waals surface area contributed by atoms with Crippen LogP contribution >= 0.6 is 0 Å². The van der Waals surface area contributed by atoms with Crippen molar-refractivity contribution >= 4 is 11.8 Å². The molecule has 0 bridgehead atoms. The highest BCUT2D eigenvalue weighted by Gasteiger charge is 2.25. The second-order valence-electron chi connectivity index (χ2n) is 5.05. The van der Waals surface area contributed by atoms with E-state index in [1.165, 1.54) is 0 Å². The molecule has 1 rings (SSSR count). The van der Waals surface area contributed by atoms with Crippen LogP contribution in [0.2, 0.25) is 0 Å². The first-order chi connectivity index (χ1) is 7.92. The van der Waals surface area contributed by atoms with E-state index in [2.05, 4.69) is 15.5 Å². The van der Waals surface area contributed by atoms with Gasteiger partial charge in [-0.3, -0.25) is 14.5 Å². The van der Waals surface area contributed by atoms with Gasteiger partial charge in [0, 0.05) is 32.7 Å². The molecule has 6 heteroatoms. The molecule has 0 spiro atoms. The van der Waals surface area contributed by atoms with Crippen molar-refractivity contribution in [2.24, 2.45) is 11.1 Å². The number of nitrogens with one attached hydrogen (secondary N) is 2. The Morgan fingerprint density at radius 1 is 1.35 bits per heavy atom. The van der Waals surface area contributed by atoms with Gasteiger partial charge in [0.1, 0.15) is 0 Å². The second kappa shape index (κ2) is 5.97. The predicted octanol–water partition coefficient (Wildman–Crippen LogP) is -1.48. The highest BCUT2D eigenvalue weighted by Crippen LogP contribution is 2.11. The fourth-order valence-corrected chi connectivity index (χ4v) is 1.53. The average Bonchev–Trinajstić information content (AvgIpc) is 2.28. The van der Waals surface area contributed by atoms with E-state index < -0.39 is 11.3 Å². The average molecular weight is 242 g/mol. The molecule has 0 unspecified atom stereocenters. The monoisotopic (exact) mass is 242 g/mol. The van der Waals surface area contributed by atoms with Gasteiger partial charge in [0.05, 0.1) is 12.0 Å². The molecule has 0 aliphatic carbocycles. The van der Waals surface area contributed by atoms with E-state index in [4.69, 9.17) is 5.73 Å². The molecule has 0 atom stereocenters. The lowest BCUT2D eigenvalue weighted by molar-refractivity contribution is -0.127. The first-order valence-corrected chi connectivity index (χ1v) is 5.91. The number of amides is 2. The van der Waals surface area contributed by atoms with E-state index in [-0.39, 0.29) is 12.5 Å². The molecule has 1 aliphatic heterocycles. The second-order valence-corrected chi connectivity index (χ2v) is 5.05. The van der Waals surface area contributed by atoms with Gasteiger partial charge in [-0.1, -0.05) is 0 Å². The number of hydrogen-bond acceptors (Lipinski definition) is 4. The van der Waals surface area contributed by atoms with Gasteiger partial charge in [0.2, 0.25) is 11.8 Å². The molecule has 1 heterocycles. The number of hydrogen-bond donors (Lipinski definition) is 3. The van der Waals surface area contributed by atoms with Crippen molar-refractivity contribution in [3.63, 3.8) is 0 Å². The highest BCUT2D eigenvalue weighted by molar-refractivity contribution is 5.82. The number of carbonyl (C=O) groups is 2. The van der Waals surface area contributed by atoms with Crippen molar-refractivity contribution in [1.29, 1.82) is 0 Å². The zero-order valence-corrected chi connectivity index (χ0v) is 10.6. The summed E-state index contributed by atoms with van der Waals surface area (Å²) in [4.78, 5) is 24.8. The number of nitrogens with two attached hydrogens (primary N) is 1. The molecule has 1 saturated heterocycles. The Kier molecular flexibility index (Phi) is 4.89. The largest absolute Gasteiger partial charge is 0.369 e. The number of primary amides is 1. The van der Waals surface area contributed by atoms with Crippen LogP contribution in [-0.2, 0) is 9.59 Å². The molecule has 98 valence electrons. The van der Waals surface area contributed by atoms with Crippen molar-refractivity contribution in [3.05, 3.63) is 0 Å². The molecule has 6 nitrogen and oxygen atoms in total. The molecule has 0 aromatic rings. The van der Waals surface area contributed by atoms with Crippen molar-refractivity contribution < 1.29 is 9.59 Å². The maximum absolute atomic E-state index is 11.7. The quantitative estimate of drug-likeness (QED) is 0.548. The standard InChI is InChI=1S/C11H22N4O2/c1-11(2,10(12)17)8-14-9(16)7-15-5-3-13-4-6-15/h13H,3-8H2,1-2H3,(H2,12,17)(H,14,16). The lowest BCUT2D eigenvalue weighted by Gasteiger charge is -2.27. The predicted molar refractivity (Wildman–Crippen MR) is 65.3 cm³/mol. The molecule has 0 aromatic heterocycles. The molecule has 1 fully saturated rings. The van der Waals surface area contributed by atoms with Gasteiger partial charge < -0.3 is 16.4 Å². The molecule has 0 radical (unpaired) electrons. The normalized spacial score (nSPS) is 17.8. The summed E-state index contributed by atoms with van der Waals surface area (Å²) in [6.07, 6.45) is 0. The maximum atomic E-state index is 11.7. The van der Waals surface area contributed by atoms with Crippen LogP contribution in [0.4, 0.5) is 0 Å². The Bertz CT molecular complexity index is 285. The summed E-state index contributed by atoms with van der Waals surface area (Å²) in [7, 11) is 0. The number of carbonyl (C=O) groups excluding carboxylic acids is 2. The Morgan fingerprint density at radius 2 is 1.94 bits per heavy atom. The van der Waals surface area contributed by atoms with Crippen LogP contribution in [0.5, 0.6) is 0 Å². The van der Waals surface area contributed by atoms with E-state index in [1.54, 1.807) is 13.8 Å². The van der Waals surface area contributed by atoms with Gasteiger partial charge in [0.15, 0.2) is 0 Å². The summed E-state index contributed by atoms with van der Waals surface area (Å²) in [5.74, 6) is -0.457. The SMILES string of the molecule is CC(C)(CNC(=O)CN1CCNCC1)C(N)=O. The smallest absolute Gasteiger partial charge is 0.234 e. The molecule has 1 aliphatic rings. The van der Waals surface area contributed by atoms with Crippen LogP contribution in [0.3, 0.4) is 0 Å². The fourth-order valence-electron chi connectivity index (χ4n) is 1.53. The zero-order chi connectivity index (χ0) is 12.9. The topological polar surface area (TPSA) is 87.5 Å². The van der Waals surface area contributed by atoms with Crippen LogP contribution in [-0.4, -0.2) is 56.0 Å². The van der Waals surface area contributed by atoms with Gasteiger partial charge in [-0.2, -0.15) is 0 Å². The van der Waals surface area contributed by atoms with Crippen molar-refractivity contribution in [2.45, 2.75) is 13.8 Å². The molecule has 2 amide bonds. The summed E-state index contributed by atoms with van der Waals surface area (Å²) < 4.78 is 0. The third-order valence-electron chi connectivity index (χ3n) is 2.97. The Labute approximate surface area is 102 Å². The van der Waals surface area contributed by atoms with Crippen molar-refractivity contribution in [3.8, 4) is 0 Å². The van der Waals surface area contributed by atoms with Gasteiger partial charge in [-0.25, -0.2) is 0 Å². The minimum Gasteiger partial charge on any atom is -0.369 e. The van der Waals surface area contributed by atoms with Gasteiger partial charge in [-0.05, 0) is 13.8 Å². The van der Waals surface area contributed by atoms with E-state index in [0.717, 1.165) is 26.2 Å². The summed E-state index contributed by atoms with van der Waals surface area (Å²) in [6, 6.07) is 0. The van der Waals surface area contributed by atoms with Crippen molar-refractivity contribution in [2.75, 3.05) is 39.3 Å². The molecule has 17 heavy (non-hydrogen) atoms. The first-order valence-electron chi connectivity index (χ1n) is 5.91. The van der Waals surface area contributed by atoms with Gasteiger partial charge >= 0.3 is 0 Å². The Morgan fingerprint density at radius 3 is 2.47 bits per heavy atom. The van der Waals surface area contributed by atoms with Crippen LogP contribution in [0.1, 0.15) is 13.8 Å². The van der Waals surface area contributed by atoms with Gasteiger partial charge in [0.25, 0.3) is 0 Å². The van der Waals surface area contributed by atoms with E-state index in [9.17, 15) is 9.59 Å². The van der Waals surface area contributed by atoms with E-state index in [1.807, 2.05) is 0 Å². The lowest BCUT2D eigenvalue weighted by atomic mass is 9.93. The van der Waals surface area contributed by atoms with Crippen LogP contribution in [0, 0.1) is 5.41 Å². The highest BCUT2D eigenvalue weighted by atomic mass is 16.2. The molecule has 0 saturated carbocycles. The summed E-state index contributed by atoms with van der Waals surface area (Å²) in [6.45, 7) is 7.71. The molecule has 4 N–H and O–H groups in total. The maximum Gasteiger partial charge on any atom is 0.234 e. The summed E-state index contributed by atoms with van der Waals surface area (Å²) >= 11 is 0. The van der Waals surface area contributed by atoms with Crippen molar-refractivity contribution in [1.82, 2.24) is 15.5 Å².